The molecule has 5 rings (SSSR count). The van der Waals surface area contributed by atoms with Gasteiger partial charge in [-0.05, 0) is 30.0 Å². The van der Waals surface area contributed by atoms with Crippen LogP contribution in [0.4, 0.5) is 10.8 Å². The van der Waals surface area contributed by atoms with Crippen LogP contribution in [0.2, 0.25) is 5.15 Å². The number of nitrogens with one attached hydrogen (secondary N) is 1. The summed E-state index contributed by atoms with van der Waals surface area (Å²) in [6.07, 6.45) is 2.40. The zero-order chi connectivity index (χ0) is 29.3. The second kappa shape index (κ2) is 11.5. The molecule has 0 bridgehead atoms. The highest BCUT2D eigenvalue weighted by molar-refractivity contribution is 8.01. The highest BCUT2D eigenvalue weighted by atomic mass is 35.5. The van der Waals surface area contributed by atoms with Crippen molar-refractivity contribution < 1.29 is 14.3 Å². The Morgan fingerprint density at radius 1 is 1.29 bits per heavy atom. The summed E-state index contributed by atoms with van der Waals surface area (Å²) < 4.78 is 6.12. The van der Waals surface area contributed by atoms with E-state index in [9.17, 15) is 14.9 Å². The lowest BCUT2D eigenvalue weighted by Crippen LogP contribution is -2.42. The van der Waals surface area contributed by atoms with Gasteiger partial charge in [0.1, 0.15) is 11.6 Å². The SMILES string of the molecule is COc1ccccc1C1C(C#N)=C(N)N(c2nnc(SCC(=O)Nc3cccnc3Cl)s2)C2=C1C(=O)CC(C)(C)C2. The van der Waals surface area contributed by atoms with Gasteiger partial charge in [0, 0.05) is 29.5 Å². The second-order valence-corrected chi connectivity index (χ2v) is 12.8. The predicted octanol–water partition coefficient (Wildman–Crippen LogP) is 5.27. The first kappa shape index (κ1) is 28.6. The number of methoxy groups -OCH3 is 1. The molecule has 3 aromatic rings. The van der Waals surface area contributed by atoms with E-state index < -0.39 is 5.92 Å². The van der Waals surface area contributed by atoms with E-state index >= 15 is 0 Å². The molecule has 10 nitrogen and oxygen atoms in total. The zero-order valence-corrected chi connectivity index (χ0v) is 24.9. The lowest BCUT2D eigenvalue weighted by molar-refractivity contribution is -0.118. The number of carbonyl (C=O) groups is 2. The number of ether oxygens (including phenoxy) is 1. The maximum atomic E-state index is 13.7. The smallest absolute Gasteiger partial charge is 0.234 e. The minimum absolute atomic E-state index is 0.0535. The summed E-state index contributed by atoms with van der Waals surface area (Å²) in [4.78, 5) is 31.9. The third kappa shape index (κ3) is 5.66. The van der Waals surface area contributed by atoms with Gasteiger partial charge < -0.3 is 15.8 Å². The fourth-order valence-electron chi connectivity index (χ4n) is 5.09. The highest BCUT2D eigenvalue weighted by Gasteiger charge is 2.46. The van der Waals surface area contributed by atoms with Crippen LogP contribution in [0.15, 0.2) is 69.6 Å². The van der Waals surface area contributed by atoms with Crippen molar-refractivity contribution in [3.63, 3.8) is 0 Å². The monoisotopic (exact) mass is 607 g/mol. The fraction of sp³-hybridized carbons (Fsp3) is 0.286. The van der Waals surface area contributed by atoms with Crippen LogP contribution in [0, 0.1) is 16.7 Å². The average Bonchev–Trinajstić information content (AvgIpc) is 3.40. The van der Waals surface area contributed by atoms with Gasteiger partial charge in [-0.15, -0.1) is 10.2 Å². The molecule has 0 spiro atoms. The van der Waals surface area contributed by atoms with Crippen LogP contribution >= 0.6 is 34.7 Å². The van der Waals surface area contributed by atoms with Gasteiger partial charge in [0.2, 0.25) is 11.0 Å². The Bertz CT molecular complexity index is 1640. The molecular weight excluding hydrogens is 582 g/mol. The van der Waals surface area contributed by atoms with Crippen molar-refractivity contribution in [2.45, 2.75) is 36.9 Å². The number of para-hydroxylation sites is 1. The maximum Gasteiger partial charge on any atom is 0.234 e. The van der Waals surface area contributed by atoms with E-state index in [1.54, 1.807) is 30.2 Å². The maximum absolute atomic E-state index is 13.7. The standard InChI is InChI=1S/C28H26ClN7O3S2/c1-28(2)11-18-23(19(37)12-28)22(15-7-4-5-9-20(15)39-3)16(13-30)25(31)36(18)26-34-35-27(41-26)40-14-21(38)33-17-8-6-10-32-24(17)29/h4-10,22H,11-12,14,31H2,1-3H3,(H,33,38). The Kier molecular flexibility index (Phi) is 8.04. The Labute approximate surface area is 250 Å². The summed E-state index contributed by atoms with van der Waals surface area (Å²) >= 11 is 8.45. The molecule has 41 heavy (non-hydrogen) atoms. The third-order valence-corrected chi connectivity index (χ3v) is 9.12. The number of hydrogen-bond acceptors (Lipinski definition) is 11. The van der Waals surface area contributed by atoms with Crippen LogP contribution in [-0.2, 0) is 9.59 Å². The lowest BCUT2D eigenvalue weighted by Gasteiger charge is -2.42. The van der Waals surface area contributed by atoms with Gasteiger partial charge in [0.15, 0.2) is 15.3 Å². The molecule has 1 aliphatic carbocycles. The van der Waals surface area contributed by atoms with E-state index in [1.165, 1.54) is 29.3 Å². The number of nitriles is 1. The minimum atomic E-state index is -0.671. The molecule has 1 amide bonds. The van der Waals surface area contributed by atoms with Crippen molar-refractivity contribution in [2.75, 3.05) is 23.1 Å². The molecule has 3 N–H and O–H groups in total. The summed E-state index contributed by atoms with van der Waals surface area (Å²) in [7, 11) is 1.56. The molecular formula is C28H26ClN7O3S2. The van der Waals surface area contributed by atoms with Gasteiger partial charge in [0.05, 0.1) is 36.1 Å². The van der Waals surface area contributed by atoms with Crippen molar-refractivity contribution in [1.29, 1.82) is 5.26 Å². The molecule has 0 saturated heterocycles. The van der Waals surface area contributed by atoms with Crippen molar-refractivity contribution in [3.05, 3.63) is 76.0 Å². The number of carbonyl (C=O) groups excluding carboxylic acids is 2. The number of anilines is 2. The van der Waals surface area contributed by atoms with Gasteiger partial charge in [-0.25, -0.2) is 4.98 Å². The van der Waals surface area contributed by atoms with Gasteiger partial charge in [0.25, 0.3) is 0 Å². The molecule has 2 aliphatic rings. The van der Waals surface area contributed by atoms with Crippen LogP contribution in [0.25, 0.3) is 0 Å². The summed E-state index contributed by atoms with van der Waals surface area (Å²) in [6, 6.07) is 12.9. The lowest BCUT2D eigenvalue weighted by atomic mass is 9.68. The summed E-state index contributed by atoms with van der Waals surface area (Å²) in [5, 5.41) is 22.2. The quantitative estimate of drug-likeness (QED) is 0.269. The molecule has 13 heteroatoms. The van der Waals surface area contributed by atoms with E-state index in [-0.39, 0.29) is 39.4 Å². The number of Topliss-reactive ketones (excluding diaryl/α,β-unsaturated/α-hetero) is 1. The van der Waals surface area contributed by atoms with Gasteiger partial charge in [-0.1, -0.05) is 66.7 Å². The molecule has 1 aromatic carbocycles. The van der Waals surface area contributed by atoms with Crippen LogP contribution in [0.3, 0.4) is 0 Å². The Morgan fingerprint density at radius 3 is 2.80 bits per heavy atom. The Balaban J connectivity index is 1.49. The third-order valence-electron chi connectivity index (χ3n) is 6.78. The van der Waals surface area contributed by atoms with Gasteiger partial charge in [-0.3, -0.25) is 14.5 Å². The molecule has 2 aromatic heterocycles. The number of aromatic nitrogens is 3. The van der Waals surface area contributed by atoms with Gasteiger partial charge in [-0.2, -0.15) is 5.26 Å². The van der Waals surface area contributed by atoms with E-state index in [0.717, 1.165) is 0 Å². The second-order valence-electron chi connectivity index (χ2n) is 10.3. The number of rotatable bonds is 7. The minimum Gasteiger partial charge on any atom is -0.496 e. The van der Waals surface area contributed by atoms with Crippen LogP contribution in [0.5, 0.6) is 5.75 Å². The molecule has 0 fully saturated rings. The number of nitrogens with two attached hydrogens (primary N) is 1. The number of ketones is 1. The molecule has 0 saturated carbocycles. The number of pyridine rings is 1. The van der Waals surface area contributed by atoms with Crippen LogP contribution < -0.4 is 20.7 Å². The van der Waals surface area contributed by atoms with Crippen molar-refractivity contribution in [2.24, 2.45) is 11.1 Å². The highest BCUT2D eigenvalue weighted by Crippen LogP contribution is 2.52. The van der Waals surface area contributed by atoms with Crippen molar-refractivity contribution >= 4 is 57.2 Å². The summed E-state index contributed by atoms with van der Waals surface area (Å²) in [5.41, 5.74) is 8.92. The molecule has 210 valence electrons. The topological polar surface area (TPSA) is 147 Å². The van der Waals surface area contributed by atoms with E-state index in [1.807, 2.05) is 32.0 Å². The van der Waals surface area contributed by atoms with E-state index in [0.29, 0.717) is 50.6 Å². The Hall–Kier alpha value is -3.92. The first-order chi connectivity index (χ1) is 19.6. The van der Waals surface area contributed by atoms with Gasteiger partial charge >= 0.3 is 0 Å². The number of hydrogen-bond donors (Lipinski definition) is 2. The molecule has 1 unspecified atom stereocenters. The number of benzene rings is 1. The summed E-state index contributed by atoms with van der Waals surface area (Å²) in [6.45, 7) is 4.05. The molecule has 1 atom stereocenters. The number of allylic oxidation sites excluding steroid dienone is 3. The zero-order valence-electron chi connectivity index (χ0n) is 22.5. The normalized spacial score (nSPS) is 18.2. The molecule has 1 aliphatic heterocycles. The first-order valence-electron chi connectivity index (χ1n) is 12.6. The van der Waals surface area contributed by atoms with Crippen LogP contribution in [-0.4, -0.2) is 39.7 Å². The van der Waals surface area contributed by atoms with Crippen molar-refractivity contribution in [1.82, 2.24) is 15.2 Å². The first-order valence-corrected chi connectivity index (χ1v) is 14.8. The largest absolute Gasteiger partial charge is 0.496 e. The number of nitrogens with zero attached hydrogens (tertiary/aromatic N) is 5. The Morgan fingerprint density at radius 2 is 2.07 bits per heavy atom. The number of thioether (sulfide) groups is 1. The molecule has 0 radical (unpaired) electrons. The fourth-order valence-corrected chi connectivity index (χ4v) is 6.93. The molecule has 3 heterocycles. The summed E-state index contributed by atoms with van der Waals surface area (Å²) in [5.74, 6) is -0.196. The average molecular weight is 608 g/mol. The number of amides is 1. The van der Waals surface area contributed by atoms with Crippen LogP contribution in [0.1, 0.15) is 38.2 Å². The van der Waals surface area contributed by atoms with E-state index in [4.69, 9.17) is 22.1 Å². The number of halogens is 1. The van der Waals surface area contributed by atoms with E-state index in [2.05, 4.69) is 26.6 Å². The predicted molar refractivity (Wildman–Crippen MR) is 159 cm³/mol. The van der Waals surface area contributed by atoms with Crippen molar-refractivity contribution in [3.8, 4) is 11.8 Å².